The van der Waals surface area contributed by atoms with Crippen molar-refractivity contribution in [2.75, 3.05) is 13.1 Å². The number of H-pyrrole nitrogens is 1. The van der Waals surface area contributed by atoms with Gasteiger partial charge in [0.2, 0.25) is 0 Å². The summed E-state index contributed by atoms with van der Waals surface area (Å²) in [6.45, 7) is 4.41. The van der Waals surface area contributed by atoms with Gasteiger partial charge in [0.25, 0.3) is 0 Å². The van der Waals surface area contributed by atoms with Gasteiger partial charge in [-0.25, -0.2) is 0 Å². The molecule has 2 heterocycles. The summed E-state index contributed by atoms with van der Waals surface area (Å²) in [5.41, 5.74) is 4.01. The number of hydrogen-bond acceptors (Lipinski definition) is 2. The van der Waals surface area contributed by atoms with Gasteiger partial charge in [-0.3, -0.25) is 4.90 Å². The number of piperidine rings is 1. The number of rotatable bonds is 5. The van der Waals surface area contributed by atoms with Crippen molar-refractivity contribution in [3.05, 3.63) is 71.9 Å². The fourth-order valence-corrected chi connectivity index (χ4v) is 3.61. The largest absolute Gasteiger partial charge is 0.361 e. The SMILES string of the molecule is c1ccc(CN2CCC(NCc3ccc4[nH]ccc4c3)CC2)cc1. The lowest BCUT2D eigenvalue weighted by atomic mass is 10.0. The Kier molecular flexibility index (Phi) is 4.63. The van der Waals surface area contributed by atoms with E-state index in [2.05, 4.69) is 69.8 Å². The van der Waals surface area contributed by atoms with E-state index in [1.165, 1.54) is 48.0 Å². The third-order valence-electron chi connectivity index (χ3n) is 5.05. The Bertz CT molecular complexity index is 770. The first-order chi connectivity index (χ1) is 11.9. The normalized spacial score (nSPS) is 16.7. The molecule has 0 unspecified atom stereocenters. The van der Waals surface area contributed by atoms with Crippen LogP contribution in [0.15, 0.2) is 60.8 Å². The predicted octanol–water partition coefficient (Wildman–Crippen LogP) is 3.92. The monoisotopic (exact) mass is 319 g/mol. The molecule has 0 atom stereocenters. The first kappa shape index (κ1) is 15.4. The van der Waals surface area contributed by atoms with Crippen molar-refractivity contribution in [2.45, 2.75) is 32.0 Å². The van der Waals surface area contributed by atoms with Crippen LogP contribution >= 0.6 is 0 Å². The Morgan fingerprint density at radius 2 is 1.79 bits per heavy atom. The topological polar surface area (TPSA) is 31.1 Å². The van der Waals surface area contributed by atoms with Gasteiger partial charge in [0.1, 0.15) is 0 Å². The van der Waals surface area contributed by atoms with Crippen molar-refractivity contribution >= 4 is 10.9 Å². The van der Waals surface area contributed by atoms with Crippen LogP contribution in [0.25, 0.3) is 10.9 Å². The molecule has 124 valence electrons. The van der Waals surface area contributed by atoms with E-state index in [0.717, 1.165) is 13.1 Å². The molecule has 3 aromatic rings. The lowest BCUT2D eigenvalue weighted by Gasteiger charge is -2.32. The van der Waals surface area contributed by atoms with Gasteiger partial charge >= 0.3 is 0 Å². The van der Waals surface area contributed by atoms with Gasteiger partial charge in [-0.1, -0.05) is 36.4 Å². The number of benzene rings is 2. The van der Waals surface area contributed by atoms with E-state index in [9.17, 15) is 0 Å². The highest BCUT2D eigenvalue weighted by Gasteiger charge is 2.18. The number of hydrogen-bond donors (Lipinski definition) is 2. The molecule has 0 radical (unpaired) electrons. The molecule has 2 N–H and O–H groups in total. The highest BCUT2D eigenvalue weighted by Crippen LogP contribution is 2.16. The molecular weight excluding hydrogens is 294 g/mol. The second-order valence-electron chi connectivity index (χ2n) is 6.82. The minimum absolute atomic E-state index is 0.638. The molecule has 3 heteroatoms. The molecule has 1 aromatic heterocycles. The fourth-order valence-electron chi connectivity index (χ4n) is 3.61. The molecule has 0 bridgehead atoms. The van der Waals surface area contributed by atoms with E-state index in [4.69, 9.17) is 0 Å². The number of aromatic nitrogens is 1. The Labute approximate surface area is 143 Å². The molecule has 1 saturated heterocycles. The second-order valence-corrected chi connectivity index (χ2v) is 6.82. The van der Waals surface area contributed by atoms with Crippen molar-refractivity contribution in [3.63, 3.8) is 0 Å². The average Bonchev–Trinajstić information content (AvgIpc) is 3.10. The maximum absolute atomic E-state index is 3.74. The Morgan fingerprint density at radius 1 is 0.958 bits per heavy atom. The smallest absolute Gasteiger partial charge is 0.0454 e. The highest BCUT2D eigenvalue weighted by atomic mass is 15.1. The van der Waals surface area contributed by atoms with Gasteiger partial charge < -0.3 is 10.3 Å². The quantitative estimate of drug-likeness (QED) is 0.747. The molecule has 1 fully saturated rings. The van der Waals surface area contributed by atoms with Crippen molar-refractivity contribution in [1.29, 1.82) is 0 Å². The van der Waals surface area contributed by atoms with Crippen LogP contribution in [0, 0.1) is 0 Å². The number of nitrogens with zero attached hydrogens (tertiary/aromatic N) is 1. The molecule has 0 amide bonds. The Balaban J connectivity index is 1.25. The molecule has 24 heavy (non-hydrogen) atoms. The molecule has 1 aliphatic heterocycles. The number of nitrogens with one attached hydrogen (secondary N) is 2. The van der Waals surface area contributed by atoms with Crippen LogP contribution in [0.4, 0.5) is 0 Å². The zero-order valence-corrected chi connectivity index (χ0v) is 14.0. The fraction of sp³-hybridized carbons (Fsp3) is 0.333. The van der Waals surface area contributed by atoms with Crippen molar-refractivity contribution in [3.8, 4) is 0 Å². The van der Waals surface area contributed by atoms with Crippen molar-refractivity contribution in [1.82, 2.24) is 15.2 Å². The zero-order chi connectivity index (χ0) is 16.2. The minimum atomic E-state index is 0.638. The van der Waals surface area contributed by atoms with E-state index >= 15 is 0 Å². The average molecular weight is 319 g/mol. The minimum Gasteiger partial charge on any atom is -0.361 e. The van der Waals surface area contributed by atoms with Crippen LogP contribution < -0.4 is 5.32 Å². The second kappa shape index (κ2) is 7.20. The van der Waals surface area contributed by atoms with Crippen LogP contribution in [0.2, 0.25) is 0 Å². The van der Waals surface area contributed by atoms with Crippen LogP contribution in [-0.2, 0) is 13.1 Å². The van der Waals surface area contributed by atoms with E-state index in [0.29, 0.717) is 6.04 Å². The summed E-state index contributed by atoms with van der Waals surface area (Å²) in [6, 6.07) is 20.2. The van der Waals surface area contributed by atoms with Gasteiger partial charge in [-0.2, -0.15) is 0 Å². The number of likely N-dealkylation sites (tertiary alicyclic amines) is 1. The van der Waals surface area contributed by atoms with Crippen LogP contribution in [-0.4, -0.2) is 29.0 Å². The third kappa shape index (κ3) is 3.69. The number of aromatic amines is 1. The van der Waals surface area contributed by atoms with E-state index < -0.39 is 0 Å². The van der Waals surface area contributed by atoms with E-state index in [1.807, 2.05) is 6.20 Å². The summed E-state index contributed by atoms with van der Waals surface area (Å²) < 4.78 is 0. The third-order valence-corrected chi connectivity index (χ3v) is 5.05. The maximum atomic E-state index is 3.74. The predicted molar refractivity (Wildman–Crippen MR) is 99.9 cm³/mol. The van der Waals surface area contributed by atoms with Gasteiger partial charge in [0, 0.05) is 30.8 Å². The lowest BCUT2D eigenvalue weighted by molar-refractivity contribution is 0.190. The number of fused-ring (bicyclic) bond motifs is 1. The molecule has 0 aliphatic carbocycles. The Morgan fingerprint density at radius 3 is 2.62 bits per heavy atom. The summed E-state index contributed by atoms with van der Waals surface area (Å²) in [4.78, 5) is 5.82. The summed E-state index contributed by atoms with van der Waals surface area (Å²) >= 11 is 0. The van der Waals surface area contributed by atoms with Crippen LogP contribution in [0.1, 0.15) is 24.0 Å². The molecular formula is C21H25N3. The first-order valence-corrected chi connectivity index (χ1v) is 8.92. The molecule has 0 saturated carbocycles. The van der Waals surface area contributed by atoms with E-state index in [-0.39, 0.29) is 0 Å². The lowest BCUT2D eigenvalue weighted by Crippen LogP contribution is -2.41. The summed E-state index contributed by atoms with van der Waals surface area (Å²) in [7, 11) is 0. The van der Waals surface area contributed by atoms with Gasteiger partial charge in [0.15, 0.2) is 0 Å². The molecule has 0 spiro atoms. The van der Waals surface area contributed by atoms with Crippen LogP contribution in [0.3, 0.4) is 0 Å². The van der Waals surface area contributed by atoms with E-state index in [1.54, 1.807) is 0 Å². The summed E-state index contributed by atoms with van der Waals surface area (Å²) in [5.74, 6) is 0. The van der Waals surface area contributed by atoms with Gasteiger partial charge in [0.05, 0.1) is 0 Å². The summed E-state index contributed by atoms with van der Waals surface area (Å²) in [6.07, 6.45) is 4.47. The molecule has 4 rings (SSSR count). The first-order valence-electron chi connectivity index (χ1n) is 8.92. The highest BCUT2D eigenvalue weighted by molar-refractivity contribution is 5.79. The van der Waals surface area contributed by atoms with Gasteiger partial charge in [-0.15, -0.1) is 0 Å². The molecule has 2 aromatic carbocycles. The molecule has 3 nitrogen and oxygen atoms in total. The summed E-state index contributed by atoms with van der Waals surface area (Å²) in [5, 5.41) is 5.04. The van der Waals surface area contributed by atoms with Crippen molar-refractivity contribution < 1.29 is 0 Å². The van der Waals surface area contributed by atoms with Gasteiger partial charge in [-0.05, 0) is 60.6 Å². The molecule has 1 aliphatic rings. The zero-order valence-electron chi connectivity index (χ0n) is 14.0. The van der Waals surface area contributed by atoms with Crippen LogP contribution in [0.5, 0.6) is 0 Å². The Hall–Kier alpha value is -2.10. The maximum Gasteiger partial charge on any atom is 0.0454 e. The standard InChI is InChI=1S/C21H25N3/c1-2-4-17(5-3-1)16-24-12-9-20(10-13-24)23-15-18-6-7-21-19(14-18)8-11-22-21/h1-8,11,14,20,22-23H,9-10,12-13,15-16H2. The van der Waals surface area contributed by atoms with Crippen molar-refractivity contribution in [2.24, 2.45) is 0 Å².